The standard InChI is InChI=1S/C13H13F3N2OS/c1-3-9(19)11-7(2)18-12(20-11)8-4-5-10(17-6-8)13(14,15)16/h4-6,9,19H,3H2,1-2H3. The van der Waals surface area contributed by atoms with Gasteiger partial charge in [0.25, 0.3) is 0 Å². The molecule has 0 saturated heterocycles. The van der Waals surface area contributed by atoms with Gasteiger partial charge >= 0.3 is 6.18 Å². The molecule has 2 aromatic rings. The molecular formula is C13H13F3N2OS. The molecule has 0 aliphatic heterocycles. The molecule has 1 atom stereocenters. The van der Waals surface area contributed by atoms with Crippen LogP contribution in [-0.4, -0.2) is 15.1 Å². The fourth-order valence-electron chi connectivity index (χ4n) is 1.71. The molecule has 3 nitrogen and oxygen atoms in total. The summed E-state index contributed by atoms with van der Waals surface area (Å²) < 4.78 is 37.3. The molecule has 0 bridgehead atoms. The lowest BCUT2D eigenvalue weighted by atomic mass is 10.2. The normalized spacial score (nSPS) is 13.5. The molecule has 7 heteroatoms. The molecule has 108 valence electrons. The predicted molar refractivity (Wildman–Crippen MR) is 70.3 cm³/mol. The number of halogens is 3. The van der Waals surface area contributed by atoms with Crippen molar-refractivity contribution >= 4 is 11.3 Å². The molecule has 0 fully saturated rings. The lowest BCUT2D eigenvalue weighted by Crippen LogP contribution is -2.07. The number of nitrogens with zero attached hydrogens (tertiary/aromatic N) is 2. The molecule has 1 N–H and O–H groups in total. The van der Waals surface area contributed by atoms with E-state index in [0.717, 1.165) is 17.1 Å². The predicted octanol–water partition coefficient (Wildman–Crippen LogP) is 3.98. The summed E-state index contributed by atoms with van der Waals surface area (Å²) in [6.07, 6.45) is -3.32. The van der Waals surface area contributed by atoms with Crippen LogP contribution in [0.3, 0.4) is 0 Å². The van der Waals surface area contributed by atoms with Gasteiger partial charge in [0.1, 0.15) is 10.7 Å². The number of rotatable bonds is 3. The molecule has 20 heavy (non-hydrogen) atoms. The second-order valence-electron chi connectivity index (χ2n) is 4.32. The Morgan fingerprint density at radius 3 is 2.55 bits per heavy atom. The Morgan fingerprint density at radius 2 is 2.05 bits per heavy atom. The van der Waals surface area contributed by atoms with Crippen LogP contribution in [0.2, 0.25) is 0 Å². The summed E-state index contributed by atoms with van der Waals surface area (Å²) in [5.74, 6) is 0. The average Bonchev–Trinajstić information content (AvgIpc) is 2.79. The van der Waals surface area contributed by atoms with E-state index in [9.17, 15) is 18.3 Å². The third-order valence-electron chi connectivity index (χ3n) is 2.82. The van der Waals surface area contributed by atoms with Crippen molar-refractivity contribution < 1.29 is 18.3 Å². The van der Waals surface area contributed by atoms with Crippen molar-refractivity contribution in [2.45, 2.75) is 32.5 Å². The second kappa shape index (κ2) is 5.49. The van der Waals surface area contributed by atoms with E-state index in [4.69, 9.17) is 0 Å². The minimum atomic E-state index is -4.44. The zero-order valence-electron chi connectivity index (χ0n) is 10.9. The van der Waals surface area contributed by atoms with Crippen LogP contribution in [0, 0.1) is 6.92 Å². The molecule has 2 heterocycles. The highest BCUT2D eigenvalue weighted by molar-refractivity contribution is 7.15. The van der Waals surface area contributed by atoms with Crippen LogP contribution < -0.4 is 0 Å². The SMILES string of the molecule is CCC(O)c1sc(-c2ccc(C(F)(F)F)nc2)nc1C. The number of aromatic nitrogens is 2. The van der Waals surface area contributed by atoms with Crippen LogP contribution in [0.4, 0.5) is 13.2 Å². The highest BCUT2D eigenvalue weighted by Gasteiger charge is 2.32. The van der Waals surface area contributed by atoms with Gasteiger partial charge in [-0.15, -0.1) is 11.3 Å². The van der Waals surface area contributed by atoms with Gasteiger partial charge in [0.05, 0.1) is 16.7 Å². The smallest absolute Gasteiger partial charge is 0.388 e. The lowest BCUT2D eigenvalue weighted by Gasteiger charge is -2.05. The van der Waals surface area contributed by atoms with Gasteiger partial charge in [-0.25, -0.2) is 4.98 Å². The maximum Gasteiger partial charge on any atom is 0.433 e. The average molecular weight is 302 g/mol. The fourth-order valence-corrected chi connectivity index (χ4v) is 2.84. The molecule has 0 spiro atoms. The first-order chi connectivity index (χ1) is 9.32. The summed E-state index contributed by atoms with van der Waals surface area (Å²) in [5, 5.41) is 10.4. The minimum Gasteiger partial charge on any atom is -0.388 e. The first-order valence-corrected chi connectivity index (χ1v) is 6.83. The number of pyridine rings is 1. The lowest BCUT2D eigenvalue weighted by molar-refractivity contribution is -0.141. The van der Waals surface area contributed by atoms with Crippen molar-refractivity contribution in [3.05, 3.63) is 34.6 Å². The van der Waals surface area contributed by atoms with Crippen molar-refractivity contribution in [1.29, 1.82) is 0 Å². The maximum atomic E-state index is 12.4. The van der Waals surface area contributed by atoms with Gasteiger partial charge in [-0.1, -0.05) is 6.92 Å². The molecule has 2 rings (SSSR count). The van der Waals surface area contributed by atoms with Crippen LogP contribution >= 0.6 is 11.3 Å². The zero-order chi connectivity index (χ0) is 14.9. The molecule has 2 aromatic heterocycles. The van der Waals surface area contributed by atoms with Crippen molar-refractivity contribution in [2.24, 2.45) is 0 Å². The van der Waals surface area contributed by atoms with Crippen LogP contribution in [0.5, 0.6) is 0 Å². The quantitative estimate of drug-likeness (QED) is 0.933. The van der Waals surface area contributed by atoms with Crippen LogP contribution in [-0.2, 0) is 6.18 Å². The number of hydrogen-bond donors (Lipinski definition) is 1. The van der Waals surface area contributed by atoms with Crippen molar-refractivity contribution in [3.63, 3.8) is 0 Å². The zero-order valence-corrected chi connectivity index (χ0v) is 11.7. The van der Waals surface area contributed by atoms with Gasteiger partial charge in [0.2, 0.25) is 0 Å². The van der Waals surface area contributed by atoms with Gasteiger partial charge in [0, 0.05) is 11.8 Å². The van der Waals surface area contributed by atoms with Gasteiger partial charge in [-0.3, -0.25) is 4.98 Å². The van der Waals surface area contributed by atoms with E-state index in [2.05, 4.69) is 9.97 Å². The molecule has 1 unspecified atom stereocenters. The molecular weight excluding hydrogens is 289 g/mol. The Bertz CT molecular complexity index is 593. The topological polar surface area (TPSA) is 46.0 Å². The van der Waals surface area contributed by atoms with E-state index in [1.807, 2.05) is 6.92 Å². The first kappa shape index (κ1) is 14.9. The highest BCUT2D eigenvalue weighted by atomic mass is 32.1. The van der Waals surface area contributed by atoms with E-state index in [-0.39, 0.29) is 0 Å². The van der Waals surface area contributed by atoms with Crippen LogP contribution in [0.25, 0.3) is 10.6 Å². The summed E-state index contributed by atoms with van der Waals surface area (Å²) in [6, 6.07) is 2.28. The highest BCUT2D eigenvalue weighted by Crippen LogP contribution is 2.34. The summed E-state index contributed by atoms with van der Waals surface area (Å²) in [5.41, 5.74) is 0.281. The third-order valence-corrected chi connectivity index (χ3v) is 4.13. The second-order valence-corrected chi connectivity index (χ2v) is 5.35. The fraction of sp³-hybridized carbons (Fsp3) is 0.385. The number of aryl methyl sites for hydroxylation is 1. The molecule has 0 aromatic carbocycles. The van der Waals surface area contributed by atoms with Crippen molar-refractivity contribution in [1.82, 2.24) is 9.97 Å². The summed E-state index contributed by atoms with van der Waals surface area (Å²) in [4.78, 5) is 8.43. The molecule has 0 radical (unpaired) electrons. The summed E-state index contributed by atoms with van der Waals surface area (Å²) in [6.45, 7) is 3.62. The Kier molecular flexibility index (Phi) is 4.10. The first-order valence-electron chi connectivity index (χ1n) is 6.02. The molecule has 0 aliphatic carbocycles. The number of alkyl halides is 3. The van der Waals surface area contributed by atoms with Crippen LogP contribution in [0.15, 0.2) is 18.3 Å². The summed E-state index contributed by atoms with van der Waals surface area (Å²) in [7, 11) is 0. The van der Waals surface area contributed by atoms with Gasteiger partial charge in [-0.2, -0.15) is 13.2 Å². The number of hydrogen-bond acceptors (Lipinski definition) is 4. The Morgan fingerprint density at radius 1 is 1.35 bits per heavy atom. The largest absolute Gasteiger partial charge is 0.433 e. The third kappa shape index (κ3) is 2.99. The van der Waals surface area contributed by atoms with Gasteiger partial charge in [-0.05, 0) is 25.5 Å². The molecule has 0 amide bonds. The van der Waals surface area contributed by atoms with Gasteiger partial charge in [0.15, 0.2) is 0 Å². The van der Waals surface area contributed by atoms with E-state index in [1.54, 1.807) is 6.92 Å². The van der Waals surface area contributed by atoms with Gasteiger partial charge < -0.3 is 5.11 Å². The molecule has 0 aliphatic rings. The van der Waals surface area contributed by atoms with E-state index >= 15 is 0 Å². The van der Waals surface area contributed by atoms with Crippen molar-refractivity contribution in [3.8, 4) is 10.6 Å². The number of aliphatic hydroxyl groups is 1. The summed E-state index contributed by atoms with van der Waals surface area (Å²) >= 11 is 1.28. The Labute approximate surface area is 118 Å². The number of aliphatic hydroxyl groups excluding tert-OH is 1. The Hall–Kier alpha value is -1.47. The maximum absolute atomic E-state index is 12.4. The van der Waals surface area contributed by atoms with Crippen LogP contribution in [0.1, 0.15) is 35.7 Å². The van der Waals surface area contributed by atoms with E-state index < -0.39 is 18.0 Å². The Balaban J connectivity index is 2.33. The minimum absolute atomic E-state index is 0.514. The van der Waals surface area contributed by atoms with Crippen molar-refractivity contribution in [2.75, 3.05) is 0 Å². The van der Waals surface area contributed by atoms with E-state index in [0.29, 0.717) is 22.7 Å². The van der Waals surface area contributed by atoms with E-state index in [1.165, 1.54) is 17.4 Å². The number of thiazole rings is 1. The molecule has 0 saturated carbocycles. The monoisotopic (exact) mass is 302 g/mol.